The zero-order valence-corrected chi connectivity index (χ0v) is 11.1. The van der Waals surface area contributed by atoms with E-state index < -0.39 is 9.84 Å². The summed E-state index contributed by atoms with van der Waals surface area (Å²) in [6.45, 7) is 1.98. The fourth-order valence-corrected chi connectivity index (χ4v) is 2.71. The average Bonchev–Trinajstić information content (AvgIpc) is 2.75. The number of nitrogens with two attached hydrogens (primary N) is 1. The molecule has 5 nitrogen and oxygen atoms in total. The van der Waals surface area contributed by atoms with Gasteiger partial charge < -0.3 is 10.3 Å². The van der Waals surface area contributed by atoms with Gasteiger partial charge in [0.25, 0.3) is 0 Å². The lowest BCUT2D eigenvalue weighted by atomic mass is 10.2. The van der Waals surface area contributed by atoms with Crippen LogP contribution in [0, 0.1) is 0 Å². The number of nitrogens with zero attached hydrogens (tertiary/aromatic N) is 2. The molecule has 6 heteroatoms. The van der Waals surface area contributed by atoms with Gasteiger partial charge in [0.1, 0.15) is 5.82 Å². The van der Waals surface area contributed by atoms with Gasteiger partial charge in [-0.05, 0) is 12.1 Å². The summed E-state index contributed by atoms with van der Waals surface area (Å²) in [4.78, 5) is 4.35. The third kappa shape index (κ3) is 2.11. The average molecular weight is 265 g/mol. The van der Waals surface area contributed by atoms with E-state index in [-0.39, 0.29) is 10.6 Å². The van der Waals surface area contributed by atoms with Crippen molar-refractivity contribution in [2.45, 2.75) is 18.2 Å². The van der Waals surface area contributed by atoms with Crippen LogP contribution in [0.5, 0.6) is 0 Å². The topological polar surface area (TPSA) is 78.0 Å². The van der Waals surface area contributed by atoms with Gasteiger partial charge in [0.05, 0.1) is 16.3 Å². The van der Waals surface area contributed by atoms with Gasteiger partial charge in [0.15, 0.2) is 9.84 Å². The number of rotatable bonds is 3. The number of aromatic nitrogens is 2. The Hall–Kier alpha value is -1.82. The molecule has 0 saturated carbocycles. The molecule has 18 heavy (non-hydrogen) atoms. The summed E-state index contributed by atoms with van der Waals surface area (Å²) in [7, 11) is -3.33. The molecule has 2 aromatic rings. The lowest BCUT2D eigenvalue weighted by molar-refractivity contribution is 0.602. The van der Waals surface area contributed by atoms with E-state index in [0.29, 0.717) is 5.69 Å². The summed E-state index contributed by atoms with van der Waals surface area (Å²) in [5.41, 5.74) is 6.86. The summed E-state index contributed by atoms with van der Waals surface area (Å²) in [6.07, 6.45) is 5.34. The number of anilines is 1. The number of nitrogen functional groups attached to an aromatic ring is 1. The molecule has 0 aliphatic heterocycles. The van der Waals surface area contributed by atoms with Crippen LogP contribution in [-0.4, -0.2) is 24.2 Å². The minimum atomic E-state index is -3.33. The molecule has 1 aromatic carbocycles. The maximum Gasteiger partial charge on any atom is 0.177 e. The van der Waals surface area contributed by atoms with Gasteiger partial charge in [-0.25, -0.2) is 13.4 Å². The van der Waals surface area contributed by atoms with E-state index in [0.717, 1.165) is 18.5 Å². The fraction of sp³-hybridized carbons (Fsp3) is 0.250. The van der Waals surface area contributed by atoms with Gasteiger partial charge in [-0.1, -0.05) is 13.0 Å². The number of sulfone groups is 1. The van der Waals surface area contributed by atoms with Gasteiger partial charge in [0.2, 0.25) is 0 Å². The highest BCUT2D eigenvalue weighted by atomic mass is 32.2. The van der Waals surface area contributed by atoms with Crippen LogP contribution in [-0.2, 0) is 16.3 Å². The molecule has 0 fully saturated rings. The molecular formula is C12H15N3O2S. The highest BCUT2D eigenvalue weighted by molar-refractivity contribution is 7.90. The lowest BCUT2D eigenvalue weighted by Gasteiger charge is -2.12. The van der Waals surface area contributed by atoms with Crippen molar-refractivity contribution in [2.75, 3.05) is 12.0 Å². The fourth-order valence-electron chi connectivity index (χ4n) is 1.88. The van der Waals surface area contributed by atoms with Crippen molar-refractivity contribution in [3.63, 3.8) is 0 Å². The Morgan fingerprint density at radius 2 is 2.11 bits per heavy atom. The number of hydrogen-bond acceptors (Lipinski definition) is 4. The van der Waals surface area contributed by atoms with E-state index in [9.17, 15) is 8.42 Å². The second-order valence-corrected chi connectivity index (χ2v) is 6.01. The number of para-hydroxylation sites is 1. The van der Waals surface area contributed by atoms with E-state index in [4.69, 9.17) is 5.73 Å². The summed E-state index contributed by atoms with van der Waals surface area (Å²) >= 11 is 0. The second-order valence-electron chi connectivity index (χ2n) is 4.03. The maximum atomic E-state index is 11.6. The highest BCUT2D eigenvalue weighted by Crippen LogP contribution is 2.26. The van der Waals surface area contributed by atoms with Crippen LogP contribution < -0.4 is 5.73 Å². The molecule has 0 aliphatic carbocycles. The summed E-state index contributed by atoms with van der Waals surface area (Å²) in [5.74, 6) is 0.840. The zero-order valence-electron chi connectivity index (χ0n) is 10.3. The van der Waals surface area contributed by atoms with Crippen LogP contribution in [0.1, 0.15) is 12.7 Å². The van der Waals surface area contributed by atoms with Gasteiger partial charge in [-0.2, -0.15) is 0 Å². The van der Waals surface area contributed by atoms with E-state index >= 15 is 0 Å². The van der Waals surface area contributed by atoms with Crippen molar-refractivity contribution in [1.29, 1.82) is 0 Å². The minimum Gasteiger partial charge on any atom is -0.396 e. The number of aryl methyl sites for hydroxylation is 1. The smallest absolute Gasteiger partial charge is 0.177 e. The second kappa shape index (κ2) is 4.45. The molecule has 0 spiro atoms. The Morgan fingerprint density at radius 3 is 2.72 bits per heavy atom. The molecule has 2 N–H and O–H groups in total. The Bertz CT molecular complexity index is 674. The molecule has 1 aromatic heterocycles. The summed E-state index contributed by atoms with van der Waals surface area (Å²) < 4.78 is 25.1. The van der Waals surface area contributed by atoms with Crippen molar-refractivity contribution in [3.05, 3.63) is 36.4 Å². The van der Waals surface area contributed by atoms with Crippen molar-refractivity contribution >= 4 is 15.5 Å². The first-order valence-electron chi connectivity index (χ1n) is 5.56. The quantitative estimate of drug-likeness (QED) is 0.851. The Morgan fingerprint density at radius 1 is 1.39 bits per heavy atom. The van der Waals surface area contributed by atoms with Crippen molar-refractivity contribution in [2.24, 2.45) is 0 Å². The molecule has 0 unspecified atom stereocenters. The van der Waals surface area contributed by atoms with E-state index in [2.05, 4.69) is 4.98 Å². The molecule has 0 bridgehead atoms. The number of hydrogen-bond donors (Lipinski definition) is 1. The predicted molar refractivity (Wildman–Crippen MR) is 70.5 cm³/mol. The van der Waals surface area contributed by atoms with Crippen LogP contribution in [0.25, 0.3) is 5.69 Å². The third-order valence-electron chi connectivity index (χ3n) is 2.74. The van der Waals surface area contributed by atoms with Gasteiger partial charge in [-0.15, -0.1) is 0 Å². The van der Waals surface area contributed by atoms with Crippen LogP contribution in [0.15, 0.2) is 35.5 Å². The standard InChI is InChI=1S/C12H15N3O2S/c1-3-11-14-7-8-15(11)9-5-4-6-10(12(9)13)18(2,16)17/h4-8H,3,13H2,1-2H3. The zero-order chi connectivity index (χ0) is 13.3. The maximum absolute atomic E-state index is 11.6. The van der Waals surface area contributed by atoms with Crippen LogP contribution in [0.2, 0.25) is 0 Å². The first-order valence-corrected chi connectivity index (χ1v) is 7.45. The largest absolute Gasteiger partial charge is 0.396 e. The Kier molecular flexibility index (Phi) is 3.13. The molecular weight excluding hydrogens is 250 g/mol. The van der Waals surface area contributed by atoms with E-state index in [1.54, 1.807) is 24.5 Å². The van der Waals surface area contributed by atoms with Crippen molar-refractivity contribution in [1.82, 2.24) is 9.55 Å². The molecule has 2 rings (SSSR count). The lowest BCUT2D eigenvalue weighted by Crippen LogP contribution is -2.08. The highest BCUT2D eigenvalue weighted by Gasteiger charge is 2.15. The van der Waals surface area contributed by atoms with Crippen molar-refractivity contribution in [3.8, 4) is 5.69 Å². The first kappa shape index (κ1) is 12.6. The van der Waals surface area contributed by atoms with Gasteiger partial charge in [-0.3, -0.25) is 0 Å². The Labute approximate surface area is 106 Å². The van der Waals surface area contributed by atoms with Crippen LogP contribution >= 0.6 is 0 Å². The molecule has 0 atom stereocenters. The van der Waals surface area contributed by atoms with E-state index in [1.807, 2.05) is 11.5 Å². The third-order valence-corrected chi connectivity index (χ3v) is 3.89. The summed E-state index contributed by atoms with van der Waals surface area (Å²) in [5, 5.41) is 0. The minimum absolute atomic E-state index is 0.149. The normalized spacial score (nSPS) is 11.7. The van der Waals surface area contributed by atoms with E-state index in [1.165, 1.54) is 6.07 Å². The first-order chi connectivity index (χ1) is 8.45. The molecule has 0 amide bonds. The van der Waals surface area contributed by atoms with Crippen molar-refractivity contribution < 1.29 is 8.42 Å². The Balaban J connectivity index is 2.68. The molecule has 1 heterocycles. The molecule has 96 valence electrons. The van der Waals surface area contributed by atoms with Crippen LogP contribution in [0.4, 0.5) is 5.69 Å². The van der Waals surface area contributed by atoms with Gasteiger partial charge >= 0.3 is 0 Å². The number of benzene rings is 1. The number of imidazole rings is 1. The monoisotopic (exact) mass is 265 g/mol. The van der Waals surface area contributed by atoms with Gasteiger partial charge in [0, 0.05) is 25.1 Å². The molecule has 0 radical (unpaired) electrons. The SMILES string of the molecule is CCc1nccn1-c1cccc(S(C)(=O)=O)c1N. The predicted octanol–water partition coefficient (Wildman–Crippen LogP) is 1.42. The molecule has 0 saturated heterocycles. The summed E-state index contributed by atoms with van der Waals surface area (Å²) in [6, 6.07) is 4.98. The molecule has 0 aliphatic rings. The van der Waals surface area contributed by atoms with Crippen LogP contribution in [0.3, 0.4) is 0 Å².